The lowest BCUT2D eigenvalue weighted by atomic mass is 10.00. The summed E-state index contributed by atoms with van der Waals surface area (Å²) in [7, 11) is 1.62. The molecule has 2 rings (SSSR count). The van der Waals surface area contributed by atoms with E-state index >= 15 is 0 Å². The molecule has 32 heavy (non-hydrogen) atoms. The Kier molecular flexibility index (Phi) is 9.76. The minimum absolute atomic E-state index is 0.0347. The van der Waals surface area contributed by atoms with Gasteiger partial charge in [0.2, 0.25) is 11.8 Å². The molecule has 2 amide bonds. The number of aryl methyl sites for hydroxylation is 1. The number of methoxy groups -OCH3 is 1. The summed E-state index contributed by atoms with van der Waals surface area (Å²) < 4.78 is 5.32. The Balaban J connectivity index is 2.15. The van der Waals surface area contributed by atoms with Gasteiger partial charge in [-0.15, -0.1) is 0 Å². The first-order valence-corrected chi connectivity index (χ1v) is 11.6. The molecule has 1 N–H and O–H groups in total. The standard InChI is InChI=1S/C27H38N2O3/c1-7-20(4)28-27(31)21(5)29(18-23-9-8-10-25(17-23)32-6)26(30)16-13-22-11-14-24(15-12-22)19(2)3/h8-12,14-15,17,19-21H,7,13,16,18H2,1-6H3,(H,28,31)/t20-,21-/m0/s1. The zero-order valence-electron chi connectivity index (χ0n) is 20.4. The lowest BCUT2D eigenvalue weighted by Crippen LogP contribution is -2.49. The van der Waals surface area contributed by atoms with Crippen molar-refractivity contribution in [1.29, 1.82) is 0 Å². The Morgan fingerprint density at radius 2 is 1.69 bits per heavy atom. The van der Waals surface area contributed by atoms with Gasteiger partial charge < -0.3 is 15.0 Å². The SMILES string of the molecule is CC[C@H](C)NC(=O)[C@H](C)N(Cc1cccc(OC)c1)C(=O)CCc1ccc(C(C)C)cc1. The monoisotopic (exact) mass is 438 g/mol. The number of nitrogens with zero attached hydrogens (tertiary/aromatic N) is 1. The number of hydrogen-bond acceptors (Lipinski definition) is 3. The Morgan fingerprint density at radius 3 is 2.28 bits per heavy atom. The molecule has 0 unspecified atom stereocenters. The molecular weight excluding hydrogens is 400 g/mol. The predicted molar refractivity (Wildman–Crippen MR) is 130 cm³/mol. The van der Waals surface area contributed by atoms with Crippen LogP contribution in [0.5, 0.6) is 5.75 Å². The van der Waals surface area contributed by atoms with E-state index in [-0.39, 0.29) is 17.9 Å². The number of carbonyl (C=O) groups excluding carboxylic acids is 2. The second kappa shape index (κ2) is 12.3. The molecule has 0 heterocycles. The molecule has 0 radical (unpaired) electrons. The number of nitrogens with one attached hydrogen (secondary N) is 1. The largest absolute Gasteiger partial charge is 0.497 e. The van der Waals surface area contributed by atoms with Crippen LogP contribution in [0.1, 0.15) is 70.1 Å². The van der Waals surface area contributed by atoms with Gasteiger partial charge in [-0.25, -0.2) is 0 Å². The summed E-state index contributed by atoms with van der Waals surface area (Å²) in [5.41, 5.74) is 3.35. The first-order chi connectivity index (χ1) is 15.2. The molecule has 2 aromatic rings. The molecular formula is C27H38N2O3. The molecule has 5 heteroatoms. The van der Waals surface area contributed by atoms with Crippen LogP contribution in [0.15, 0.2) is 48.5 Å². The van der Waals surface area contributed by atoms with Gasteiger partial charge >= 0.3 is 0 Å². The van der Waals surface area contributed by atoms with Gasteiger partial charge in [0, 0.05) is 19.0 Å². The van der Waals surface area contributed by atoms with Gasteiger partial charge in [-0.1, -0.05) is 57.2 Å². The van der Waals surface area contributed by atoms with E-state index in [0.29, 0.717) is 25.3 Å². The smallest absolute Gasteiger partial charge is 0.242 e. The van der Waals surface area contributed by atoms with Crippen molar-refractivity contribution in [3.8, 4) is 5.75 Å². The quantitative estimate of drug-likeness (QED) is 0.532. The summed E-state index contributed by atoms with van der Waals surface area (Å²) in [6.07, 6.45) is 1.84. The van der Waals surface area contributed by atoms with E-state index in [0.717, 1.165) is 23.3 Å². The molecule has 174 valence electrons. The third kappa shape index (κ3) is 7.40. The predicted octanol–water partition coefficient (Wildman–Crippen LogP) is 5.08. The fraction of sp³-hybridized carbons (Fsp3) is 0.481. The second-order valence-corrected chi connectivity index (χ2v) is 8.76. The van der Waals surface area contributed by atoms with Crippen molar-refractivity contribution in [2.75, 3.05) is 7.11 Å². The molecule has 0 aliphatic carbocycles. The van der Waals surface area contributed by atoms with Crippen LogP contribution in [-0.4, -0.2) is 35.9 Å². The highest BCUT2D eigenvalue weighted by molar-refractivity contribution is 5.87. The summed E-state index contributed by atoms with van der Waals surface area (Å²) >= 11 is 0. The molecule has 2 atom stereocenters. The maximum absolute atomic E-state index is 13.3. The minimum atomic E-state index is -0.564. The summed E-state index contributed by atoms with van der Waals surface area (Å²) in [5, 5.41) is 3.01. The van der Waals surface area contributed by atoms with E-state index in [1.165, 1.54) is 5.56 Å². The highest BCUT2D eigenvalue weighted by atomic mass is 16.5. The maximum atomic E-state index is 13.3. The molecule has 2 aromatic carbocycles. The van der Waals surface area contributed by atoms with Gasteiger partial charge in [0.25, 0.3) is 0 Å². The Morgan fingerprint density at radius 1 is 1.00 bits per heavy atom. The third-order valence-corrected chi connectivity index (χ3v) is 5.93. The van der Waals surface area contributed by atoms with Crippen LogP contribution in [0.3, 0.4) is 0 Å². The minimum Gasteiger partial charge on any atom is -0.497 e. The Hall–Kier alpha value is -2.82. The third-order valence-electron chi connectivity index (χ3n) is 5.93. The van der Waals surface area contributed by atoms with Crippen molar-refractivity contribution in [2.45, 2.75) is 78.4 Å². The fourth-order valence-corrected chi connectivity index (χ4v) is 3.48. The number of carbonyl (C=O) groups is 2. The normalized spacial score (nSPS) is 12.8. The topological polar surface area (TPSA) is 58.6 Å². The van der Waals surface area contributed by atoms with Crippen LogP contribution in [0.2, 0.25) is 0 Å². The number of amides is 2. The average molecular weight is 439 g/mol. The van der Waals surface area contributed by atoms with Crippen LogP contribution >= 0.6 is 0 Å². The molecule has 0 aliphatic heterocycles. The van der Waals surface area contributed by atoms with Crippen molar-refractivity contribution in [1.82, 2.24) is 10.2 Å². The lowest BCUT2D eigenvalue weighted by molar-refractivity contribution is -0.140. The number of rotatable bonds is 11. The van der Waals surface area contributed by atoms with Crippen molar-refractivity contribution in [3.63, 3.8) is 0 Å². The first kappa shape index (κ1) is 25.4. The van der Waals surface area contributed by atoms with Gasteiger partial charge in [-0.3, -0.25) is 9.59 Å². The van der Waals surface area contributed by atoms with E-state index in [4.69, 9.17) is 4.74 Å². The molecule has 0 fully saturated rings. The highest BCUT2D eigenvalue weighted by Crippen LogP contribution is 2.19. The van der Waals surface area contributed by atoms with E-state index in [9.17, 15) is 9.59 Å². The van der Waals surface area contributed by atoms with Crippen LogP contribution in [0, 0.1) is 0 Å². The summed E-state index contributed by atoms with van der Waals surface area (Å²) in [5.74, 6) is 1.05. The number of benzene rings is 2. The van der Waals surface area contributed by atoms with Crippen molar-refractivity contribution in [2.24, 2.45) is 0 Å². The highest BCUT2D eigenvalue weighted by Gasteiger charge is 2.26. The van der Waals surface area contributed by atoms with E-state index in [1.54, 1.807) is 18.9 Å². The van der Waals surface area contributed by atoms with Crippen LogP contribution in [-0.2, 0) is 22.6 Å². The second-order valence-electron chi connectivity index (χ2n) is 8.76. The van der Waals surface area contributed by atoms with Crippen LogP contribution in [0.25, 0.3) is 0 Å². The zero-order chi connectivity index (χ0) is 23.7. The van der Waals surface area contributed by atoms with Gasteiger partial charge in [0.05, 0.1) is 7.11 Å². The van der Waals surface area contributed by atoms with Crippen LogP contribution in [0.4, 0.5) is 0 Å². The van der Waals surface area contributed by atoms with Gasteiger partial charge in [0.1, 0.15) is 11.8 Å². The number of ether oxygens (including phenoxy) is 1. The number of hydrogen-bond donors (Lipinski definition) is 1. The lowest BCUT2D eigenvalue weighted by Gasteiger charge is -2.30. The summed E-state index contributed by atoms with van der Waals surface area (Å²) in [6, 6.07) is 15.6. The summed E-state index contributed by atoms with van der Waals surface area (Å²) in [4.78, 5) is 27.8. The molecule has 0 aliphatic rings. The Bertz CT molecular complexity index is 877. The molecule has 0 aromatic heterocycles. The molecule has 0 spiro atoms. The van der Waals surface area contributed by atoms with Gasteiger partial charge in [0.15, 0.2) is 0 Å². The summed E-state index contributed by atoms with van der Waals surface area (Å²) in [6.45, 7) is 10.5. The van der Waals surface area contributed by atoms with Crippen molar-refractivity contribution >= 4 is 11.8 Å². The maximum Gasteiger partial charge on any atom is 0.242 e. The van der Waals surface area contributed by atoms with E-state index in [2.05, 4.69) is 43.4 Å². The van der Waals surface area contributed by atoms with Crippen molar-refractivity contribution in [3.05, 3.63) is 65.2 Å². The fourth-order valence-electron chi connectivity index (χ4n) is 3.48. The zero-order valence-corrected chi connectivity index (χ0v) is 20.4. The average Bonchev–Trinajstić information content (AvgIpc) is 2.80. The van der Waals surface area contributed by atoms with Crippen LogP contribution < -0.4 is 10.1 Å². The van der Waals surface area contributed by atoms with E-state index in [1.807, 2.05) is 38.1 Å². The van der Waals surface area contributed by atoms with Gasteiger partial charge in [-0.2, -0.15) is 0 Å². The van der Waals surface area contributed by atoms with Crippen molar-refractivity contribution < 1.29 is 14.3 Å². The molecule has 0 saturated heterocycles. The Labute approximate surface area is 193 Å². The van der Waals surface area contributed by atoms with E-state index < -0.39 is 6.04 Å². The molecule has 5 nitrogen and oxygen atoms in total. The first-order valence-electron chi connectivity index (χ1n) is 11.6. The molecule has 0 bridgehead atoms. The van der Waals surface area contributed by atoms with Gasteiger partial charge in [-0.05, 0) is 61.4 Å². The molecule has 0 saturated carbocycles.